The first-order valence-corrected chi connectivity index (χ1v) is 9.94. The van der Waals surface area contributed by atoms with Crippen LogP contribution in [0.1, 0.15) is 43.2 Å². The van der Waals surface area contributed by atoms with Crippen LogP contribution in [0.2, 0.25) is 5.02 Å². The third-order valence-electron chi connectivity index (χ3n) is 5.60. The molecule has 3 rings (SSSR count). The first-order valence-electron chi connectivity index (χ1n) is 9.56. The summed E-state index contributed by atoms with van der Waals surface area (Å²) in [7, 11) is 0. The summed E-state index contributed by atoms with van der Waals surface area (Å²) in [6.45, 7) is 9.27. The highest BCUT2D eigenvalue weighted by molar-refractivity contribution is 6.34. The molecule has 1 aliphatic heterocycles. The highest BCUT2D eigenvalue weighted by Crippen LogP contribution is 2.27. The molecule has 1 heterocycles. The molecule has 4 nitrogen and oxygen atoms in total. The minimum atomic E-state index is 0.0482. The van der Waals surface area contributed by atoms with Crippen molar-refractivity contribution in [2.75, 3.05) is 38.0 Å². The van der Waals surface area contributed by atoms with Gasteiger partial charge in [-0.2, -0.15) is 0 Å². The van der Waals surface area contributed by atoms with Gasteiger partial charge in [-0.15, -0.1) is 0 Å². The molecular formula is C20H30ClN3O. The van der Waals surface area contributed by atoms with Crippen LogP contribution < -0.4 is 5.32 Å². The van der Waals surface area contributed by atoms with Crippen molar-refractivity contribution in [2.24, 2.45) is 0 Å². The number of anilines is 1. The Labute approximate surface area is 156 Å². The summed E-state index contributed by atoms with van der Waals surface area (Å²) < 4.78 is 0. The molecule has 2 aliphatic rings. The average Bonchev–Trinajstić information content (AvgIpc) is 3.11. The van der Waals surface area contributed by atoms with E-state index in [2.05, 4.69) is 15.1 Å². The number of rotatable bonds is 5. The van der Waals surface area contributed by atoms with E-state index >= 15 is 0 Å². The molecule has 2 fully saturated rings. The number of hydrogen-bond acceptors (Lipinski definition) is 3. The third-order valence-corrected chi connectivity index (χ3v) is 5.90. The predicted molar refractivity (Wildman–Crippen MR) is 104 cm³/mol. The molecular weight excluding hydrogens is 334 g/mol. The Morgan fingerprint density at radius 2 is 1.84 bits per heavy atom. The molecule has 0 unspecified atom stereocenters. The van der Waals surface area contributed by atoms with Crippen LogP contribution in [0.3, 0.4) is 0 Å². The van der Waals surface area contributed by atoms with E-state index in [4.69, 9.17) is 11.6 Å². The van der Waals surface area contributed by atoms with Gasteiger partial charge in [0.25, 0.3) is 0 Å². The van der Waals surface area contributed by atoms with Gasteiger partial charge >= 0.3 is 0 Å². The SMILES string of the molecule is Cc1cc(C)c(NC(=O)CCN2CCN(C3CCCC3)CC2)c(Cl)c1. The molecule has 1 aliphatic carbocycles. The Morgan fingerprint density at radius 1 is 1.16 bits per heavy atom. The molecule has 1 amide bonds. The van der Waals surface area contributed by atoms with Gasteiger partial charge in [0.2, 0.25) is 5.91 Å². The Kier molecular flexibility index (Phi) is 6.37. The fourth-order valence-corrected chi connectivity index (χ4v) is 4.53. The van der Waals surface area contributed by atoms with Crippen LogP contribution >= 0.6 is 11.6 Å². The number of amides is 1. The zero-order chi connectivity index (χ0) is 17.8. The van der Waals surface area contributed by atoms with Crippen LogP contribution in [0.4, 0.5) is 5.69 Å². The lowest BCUT2D eigenvalue weighted by molar-refractivity contribution is -0.116. The molecule has 0 spiro atoms. The van der Waals surface area contributed by atoms with Crippen molar-refractivity contribution < 1.29 is 4.79 Å². The van der Waals surface area contributed by atoms with Crippen LogP contribution in [0, 0.1) is 13.8 Å². The average molecular weight is 364 g/mol. The second kappa shape index (κ2) is 8.52. The Morgan fingerprint density at radius 3 is 2.48 bits per heavy atom. The molecule has 0 radical (unpaired) electrons. The lowest BCUT2D eigenvalue weighted by Gasteiger charge is -2.38. The molecule has 1 saturated carbocycles. The summed E-state index contributed by atoms with van der Waals surface area (Å²) in [5.41, 5.74) is 2.88. The second-order valence-electron chi connectivity index (χ2n) is 7.55. The van der Waals surface area contributed by atoms with Crippen molar-refractivity contribution in [3.8, 4) is 0 Å². The number of carbonyl (C=O) groups is 1. The van der Waals surface area contributed by atoms with E-state index in [1.54, 1.807) is 0 Å². The quantitative estimate of drug-likeness (QED) is 0.863. The number of aryl methyl sites for hydroxylation is 2. The van der Waals surface area contributed by atoms with Gasteiger partial charge in [0.05, 0.1) is 10.7 Å². The Bertz CT molecular complexity index is 582. The number of carbonyl (C=O) groups excluding carboxylic acids is 1. The minimum absolute atomic E-state index is 0.0482. The molecule has 0 atom stereocenters. The number of hydrogen-bond donors (Lipinski definition) is 1. The van der Waals surface area contributed by atoms with Gasteiger partial charge in [-0.05, 0) is 43.9 Å². The van der Waals surface area contributed by atoms with Crippen LogP contribution in [-0.2, 0) is 4.79 Å². The Balaban J connectivity index is 1.42. The van der Waals surface area contributed by atoms with Gasteiger partial charge < -0.3 is 10.2 Å². The lowest BCUT2D eigenvalue weighted by Crippen LogP contribution is -2.50. The smallest absolute Gasteiger partial charge is 0.225 e. The largest absolute Gasteiger partial charge is 0.325 e. The molecule has 25 heavy (non-hydrogen) atoms. The maximum Gasteiger partial charge on any atom is 0.225 e. The van der Waals surface area contributed by atoms with Crippen molar-refractivity contribution >= 4 is 23.2 Å². The first kappa shape index (κ1) is 18.7. The molecule has 1 saturated heterocycles. The molecule has 0 bridgehead atoms. The van der Waals surface area contributed by atoms with Gasteiger partial charge in [0.1, 0.15) is 0 Å². The van der Waals surface area contributed by atoms with Crippen LogP contribution in [-0.4, -0.2) is 54.5 Å². The zero-order valence-electron chi connectivity index (χ0n) is 15.5. The maximum absolute atomic E-state index is 12.3. The van der Waals surface area contributed by atoms with Gasteiger partial charge in [-0.1, -0.05) is 30.5 Å². The number of benzene rings is 1. The van der Waals surface area contributed by atoms with E-state index in [1.165, 1.54) is 25.7 Å². The summed E-state index contributed by atoms with van der Waals surface area (Å²) >= 11 is 6.28. The lowest BCUT2D eigenvalue weighted by atomic mass is 10.1. The molecule has 5 heteroatoms. The maximum atomic E-state index is 12.3. The van der Waals surface area contributed by atoms with Crippen molar-refractivity contribution in [3.05, 3.63) is 28.3 Å². The molecule has 1 aromatic carbocycles. The highest BCUT2D eigenvalue weighted by Gasteiger charge is 2.26. The van der Waals surface area contributed by atoms with Crippen LogP contribution in [0.15, 0.2) is 12.1 Å². The van der Waals surface area contributed by atoms with Crippen LogP contribution in [0.25, 0.3) is 0 Å². The summed E-state index contributed by atoms with van der Waals surface area (Å²) in [6, 6.07) is 4.76. The van der Waals surface area contributed by atoms with Gasteiger partial charge in [0.15, 0.2) is 0 Å². The second-order valence-corrected chi connectivity index (χ2v) is 7.96. The number of halogens is 1. The normalized spacial score (nSPS) is 20.1. The van der Waals surface area contributed by atoms with E-state index in [1.807, 2.05) is 26.0 Å². The van der Waals surface area contributed by atoms with Crippen molar-refractivity contribution in [3.63, 3.8) is 0 Å². The first-order chi connectivity index (χ1) is 12.0. The zero-order valence-corrected chi connectivity index (χ0v) is 16.2. The summed E-state index contributed by atoms with van der Waals surface area (Å²) in [4.78, 5) is 17.4. The summed E-state index contributed by atoms with van der Waals surface area (Å²) in [5, 5.41) is 3.61. The summed E-state index contributed by atoms with van der Waals surface area (Å²) in [5.74, 6) is 0.0482. The standard InChI is InChI=1S/C20H30ClN3O/c1-15-13-16(2)20(18(21)14-15)22-19(25)7-8-23-9-11-24(12-10-23)17-5-3-4-6-17/h13-14,17H,3-12H2,1-2H3,(H,22,25). The van der Waals surface area contributed by atoms with Crippen molar-refractivity contribution in [1.82, 2.24) is 9.80 Å². The van der Waals surface area contributed by atoms with E-state index in [-0.39, 0.29) is 5.91 Å². The fourth-order valence-electron chi connectivity index (χ4n) is 4.16. The van der Waals surface area contributed by atoms with Crippen molar-refractivity contribution in [2.45, 2.75) is 52.0 Å². The Hall–Kier alpha value is -1.10. The van der Waals surface area contributed by atoms with E-state index in [9.17, 15) is 4.79 Å². The number of piperazine rings is 1. The molecule has 138 valence electrons. The fraction of sp³-hybridized carbons (Fsp3) is 0.650. The van der Waals surface area contributed by atoms with Gasteiger partial charge in [-0.25, -0.2) is 0 Å². The van der Waals surface area contributed by atoms with Gasteiger partial charge in [0, 0.05) is 45.2 Å². The topological polar surface area (TPSA) is 35.6 Å². The minimum Gasteiger partial charge on any atom is -0.325 e. The van der Waals surface area contributed by atoms with E-state index < -0.39 is 0 Å². The third kappa shape index (κ3) is 4.96. The molecule has 1 N–H and O–H groups in total. The predicted octanol–water partition coefficient (Wildman–Crippen LogP) is 3.85. The van der Waals surface area contributed by atoms with Crippen LogP contribution in [0.5, 0.6) is 0 Å². The number of nitrogens with one attached hydrogen (secondary N) is 1. The number of nitrogens with zero attached hydrogens (tertiary/aromatic N) is 2. The monoisotopic (exact) mass is 363 g/mol. The highest BCUT2D eigenvalue weighted by atomic mass is 35.5. The van der Waals surface area contributed by atoms with Gasteiger partial charge in [-0.3, -0.25) is 9.69 Å². The molecule has 1 aromatic rings. The van der Waals surface area contributed by atoms with E-state index in [0.29, 0.717) is 11.4 Å². The van der Waals surface area contributed by atoms with Crippen molar-refractivity contribution in [1.29, 1.82) is 0 Å². The van der Waals surface area contributed by atoms with E-state index in [0.717, 1.165) is 55.6 Å². The molecule has 0 aromatic heterocycles. The summed E-state index contributed by atoms with van der Waals surface area (Å²) in [6.07, 6.45) is 6.06.